The quantitative estimate of drug-likeness (QED) is 0.566. The highest BCUT2D eigenvalue weighted by atomic mass is 35.5. The highest BCUT2D eigenvalue weighted by molar-refractivity contribution is 6.42. The largest absolute Gasteiger partial charge is 0.321 e. The lowest BCUT2D eigenvalue weighted by atomic mass is 10.2. The molecule has 0 radical (unpaired) electrons. The first-order valence-corrected chi connectivity index (χ1v) is 9.92. The Morgan fingerprint density at radius 2 is 1.96 bits per heavy atom. The zero-order valence-corrected chi connectivity index (χ0v) is 18.0. The van der Waals surface area contributed by atoms with Crippen LogP contribution in [0.15, 0.2) is 30.6 Å². The Balaban J connectivity index is 1.81. The maximum absolute atomic E-state index is 12.8. The molecule has 9 heteroatoms. The number of hydrogen-bond donors (Lipinski definition) is 1. The molecule has 1 amide bonds. The number of amides is 1. The minimum absolute atomic E-state index is 0.164. The Labute approximate surface area is 178 Å². The number of anilines is 1. The molecule has 0 aliphatic rings. The second kappa shape index (κ2) is 8.55. The second-order valence-electron chi connectivity index (χ2n) is 6.50. The molecule has 1 atom stereocenters. The van der Waals surface area contributed by atoms with Gasteiger partial charge in [-0.05, 0) is 38.0 Å². The number of halogens is 3. The van der Waals surface area contributed by atoms with Crippen LogP contribution in [-0.4, -0.2) is 25.5 Å². The molecule has 0 fully saturated rings. The molecule has 1 unspecified atom stereocenters. The van der Waals surface area contributed by atoms with Crippen molar-refractivity contribution in [2.24, 2.45) is 0 Å². The molecule has 3 rings (SSSR count). The Morgan fingerprint density at radius 1 is 1.21 bits per heavy atom. The van der Waals surface area contributed by atoms with Gasteiger partial charge in [0.1, 0.15) is 6.04 Å². The molecule has 0 aliphatic carbocycles. The Bertz CT molecular complexity index is 1010. The van der Waals surface area contributed by atoms with Crippen molar-refractivity contribution in [2.45, 2.75) is 39.8 Å². The molecule has 0 aliphatic heterocycles. The van der Waals surface area contributed by atoms with Crippen LogP contribution >= 0.6 is 34.8 Å². The third kappa shape index (κ3) is 4.35. The lowest BCUT2D eigenvalue weighted by molar-refractivity contribution is -0.119. The summed E-state index contributed by atoms with van der Waals surface area (Å²) in [5.74, 6) is -0.164. The lowest BCUT2D eigenvalue weighted by Gasteiger charge is -2.15. The van der Waals surface area contributed by atoms with Crippen molar-refractivity contribution in [2.75, 3.05) is 5.32 Å². The number of rotatable bonds is 6. The van der Waals surface area contributed by atoms with Crippen LogP contribution in [0.5, 0.6) is 0 Å². The van der Waals surface area contributed by atoms with Crippen LogP contribution in [0, 0.1) is 13.8 Å². The van der Waals surface area contributed by atoms with Crippen LogP contribution in [0.25, 0.3) is 0 Å². The fourth-order valence-electron chi connectivity index (χ4n) is 3.03. The summed E-state index contributed by atoms with van der Waals surface area (Å²) in [6.07, 6.45) is 3.74. The molecule has 6 nitrogen and oxygen atoms in total. The minimum atomic E-state index is -0.454. The number of nitrogens with one attached hydrogen (secondary N) is 1. The number of aromatic nitrogens is 4. The Hall–Kier alpha value is -2.02. The van der Waals surface area contributed by atoms with Crippen LogP contribution in [0.4, 0.5) is 5.69 Å². The summed E-state index contributed by atoms with van der Waals surface area (Å²) in [6.45, 7) is 6.22. The standard InChI is InChI=1S/C19H20Cl3N5O/c1-4-17(27-10-14(20)8-23-27)19(28)24-18-11(2)25-26(12(18)3)9-13-5-6-15(21)16(22)7-13/h5-8,10,17H,4,9H2,1-3H3,(H,24,28). The highest BCUT2D eigenvalue weighted by Gasteiger charge is 2.22. The van der Waals surface area contributed by atoms with Gasteiger partial charge in [-0.15, -0.1) is 0 Å². The smallest absolute Gasteiger partial charge is 0.249 e. The summed E-state index contributed by atoms with van der Waals surface area (Å²) in [4.78, 5) is 12.8. The van der Waals surface area contributed by atoms with Gasteiger partial charge < -0.3 is 5.32 Å². The van der Waals surface area contributed by atoms with E-state index in [9.17, 15) is 4.79 Å². The van der Waals surface area contributed by atoms with Gasteiger partial charge in [-0.25, -0.2) is 0 Å². The highest BCUT2D eigenvalue weighted by Crippen LogP contribution is 2.26. The minimum Gasteiger partial charge on any atom is -0.321 e. The second-order valence-corrected chi connectivity index (χ2v) is 7.75. The predicted molar refractivity (Wildman–Crippen MR) is 112 cm³/mol. The SMILES string of the molecule is CCC(C(=O)Nc1c(C)nn(Cc2ccc(Cl)c(Cl)c2)c1C)n1cc(Cl)cn1. The molecule has 28 heavy (non-hydrogen) atoms. The van der Waals surface area contributed by atoms with Crippen LogP contribution in [-0.2, 0) is 11.3 Å². The molecule has 0 bridgehead atoms. The van der Waals surface area contributed by atoms with Crippen molar-refractivity contribution in [3.05, 3.63) is 62.6 Å². The van der Waals surface area contributed by atoms with E-state index < -0.39 is 6.04 Å². The predicted octanol–water partition coefficient (Wildman–Crippen LogP) is 5.29. The third-order valence-electron chi connectivity index (χ3n) is 4.52. The lowest BCUT2D eigenvalue weighted by Crippen LogP contribution is -2.26. The van der Waals surface area contributed by atoms with E-state index in [1.54, 1.807) is 16.9 Å². The molecule has 3 aromatic rings. The Morgan fingerprint density at radius 3 is 2.57 bits per heavy atom. The van der Waals surface area contributed by atoms with Crippen molar-refractivity contribution in [3.63, 3.8) is 0 Å². The fourth-order valence-corrected chi connectivity index (χ4v) is 3.49. The van der Waals surface area contributed by atoms with E-state index in [0.29, 0.717) is 33.7 Å². The van der Waals surface area contributed by atoms with Crippen molar-refractivity contribution < 1.29 is 4.79 Å². The van der Waals surface area contributed by atoms with Gasteiger partial charge in [-0.2, -0.15) is 10.2 Å². The molecule has 2 heterocycles. The first kappa shape index (κ1) is 20.7. The first-order chi connectivity index (χ1) is 13.3. The van der Waals surface area contributed by atoms with Gasteiger partial charge in [0.05, 0.1) is 44.9 Å². The average Bonchev–Trinajstić information content (AvgIpc) is 3.17. The molecule has 1 aromatic carbocycles. The first-order valence-electron chi connectivity index (χ1n) is 8.78. The maximum Gasteiger partial charge on any atom is 0.249 e. The van der Waals surface area contributed by atoms with Gasteiger partial charge in [0.25, 0.3) is 0 Å². The van der Waals surface area contributed by atoms with Gasteiger partial charge >= 0.3 is 0 Å². The van der Waals surface area contributed by atoms with Gasteiger partial charge in [0.15, 0.2) is 0 Å². The summed E-state index contributed by atoms with van der Waals surface area (Å²) in [5.41, 5.74) is 3.25. The Kier molecular flexibility index (Phi) is 6.33. The van der Waals surface area contributed by atoms with Gasteiger partial charge in [-0.1, -0.05) is 47.8 Å². The number of carbonyl (C=O) groups is 1. The van der Waals surface area contributed by atoms with E-state index in [4.69, 9.17) is 34.8 Å². The van der Waals surface area contributed by atoms with E-state index >= 15 is 0 Å². The van der Waals surface area contributed by atoms with Crippen molar-refractivity contribution in [1.82, 2.24) is 19.6 Å². The average molecular weight is 441 g/mol. The zero-order chi connectivity index (χ0) is 20.4. The van der Waals surface area contributed by atoms with E-state index in [2.05, 4.69) is 15.5 Å². The summed E-state index contributed by atoms with van der Waals surface area (Å²) >= 11 is 18.0. The summed E-state index contributed by atoms with van der Waals surface area (Å²) in [5, 5.41) is 13.2. The van der Waals surface area contributed by atoms with Crippen LogP contribution in [0.2, 0.25) is 15.1 Å². The van der Waals surface area contributed by atoms with E-state index in [1.807, 2.05) is 37.6 Å². The zero-order valence-electron chi connectivity index (χ0n) is 15.7. The molecule has 0 saturated carbocycles. The van der Waals surface area contributed by atoms with E-state index in [1.165, 1.54) is 6.20 Å². The van der Waals surface area contributed by atoms with Crippen LogP contribution in [0.3, 0.4) is 0 Å². The number of aryl methyl sites for hydroxylation is 1. The normalized spacial score (nSPS) is 12.2. The van der Waals surface area contributed by atoms with E-state index in [0.717, 1.165) is 17.0 Å². The molecular weight excluding hydrogens is 421 g/mol. The van der Waals surface area contributed by atoms with Crippen molar-refractivity contribution >= 4 is 46.4 Å². The maximum atomic E-state index is 12.8. The molecule has 1 N–H and O–H groups in total. The number of hydrogen-bond acceptors (Lipinski definition) is 3. The summed E-state index contributed by atoms with van der Waals surface area (Å²) in [6, 6.07) is 5.02. The fraction of sp³-hybridized carbons (Fsp3) is 0.316. The number of nitrogens with zero attached hydrogens (tertiary/aromatic N) is 4. The van der Waals surface area contributed by atoms with Crippen molar-refractivity contribution in [1.29, 1.82) is 0 Å². The summed E-state index contributed by atoms with van der Waals surface area (Å²) < 4.78 is 3.40. The summed E-state index contributed by atoms with van der Waals surface area (Å²) in [7, 11) is 0. The van der Waals surface area contributed by atoms with E-state index in [-0.39, 0.29) is 5.91 Å². The third-order valence-corrected chi connectivity index (χ3v) is 5.46. The molecule has 2 aromatic heterocycles. The van der Waals surface area contributed by atoms with Crippen LogP contribution < -0.4 is 5.32 Å². The molecular formula is C19H20Cl3N5O. The number of benzene rings is 1. The van der Waals surface area contributed by atoms with Gasteiger partial charge in [0, 0.05) is 6.20 Å². The van der Waals surface area contributed by atoms with Crippen LogP contribution in [0.1, 0.15) is 36.3 Å². The van der Waals surface area contributed by atoms with Crippen molar-refractivity contribution in [3.8, 4) is 0 Å². The van der Waals surface area contributed by atoms with Gasteiger partial charge in [0.2, 0.25) is 5.91 Å². The van der Waals surface area contributed by atoms with Gasteiger partial charge in [-0.3, -0.25) is 14.2 Å². The molecule has 0 spiro atoms. The molecule has 0 saturated heterocycles. The number of carbonyl (C=O) groups excluding carboxylic acids is 1. The topological polar surface area (TPSA) is 64.7 Å². The monoisotopic (exact) mass is 439 g/mol. The molecule has 148 valence electrons.